The first kappa shape index (κ1) is 13.7. The zero-order chi connectivity index (χ0) is 12.8. The van der Waals surface area contributed by atoms with Gasteiger partial charge in [-0.25, -0.2) is 4.98 Å². The van der Waals surface area contributed by atoms with E-state index >= 15 is 0 Å². The highest BCUT2D eigenvalue weighted by atomic mass is 32.2. The maximum absolute atomic E-state index is 10.8. The van der Waals surface area contributed by atoms with Crippen LogP contribution in [0, 0.1) is 10.1 Å². The van der Waals surface area contributed by atoms with E-state index in [2.05, 4.69) is 10.3 Å². The number of pyridine rings is 1. The minimum atomic E-state index is -0.463. The summed E-state index contributed by atoms with van der Waals surface area (Å²) in [6.45, 7) is 4.36. The van der Waals surface area contributed by atoms with E-state index in [4.69, 9.17) is 5.11 Å². The molecule has 6 nitrogen and oxygen atoms in total. The molecule has 0 radical (unpaired) electrons. The lowest BCUT2D eigenvalue weighted by molar-refractivity contribution is -0.388. The largest absolute Gasteiger partial charge is 0.395 e. The van der Waals surface area contributed by atoms with Gasteiger partial charge in [0.05, 0.1) is 11.5 Å². The van der Waals surface area contributed by atoms with Crippen LogP contribution in [0.2, 0.25) is 0 Å². The summed E-state index contributed by atoms with van der Waals surface area (Å²) < 4.78 is 0. The van der Waals surface area contributed by atoms with Crippen molar-refractivity contribution in [2.24, 2.45) is 0 Å². The van der Waals surface area contributed by atoms with Crippen LogP contribution >= 0.6 is 11.8 Å². The summed E-state index contributed by atoms with van der Waals surface area (Å²) in [6.07, 6.45) is 0. The molecule has 0 aliphatic rings. The van der Waals surface area contributed by atoms with Gasteiger partial charge in [0.15, 0.2) is 5.03 Å². The smallest absolute Gasteiger partial charge is 0.301 e. The van der Waals surface area contributed by atoms with Gasteiger partial charge in [0.2, 0.25) is 0 Å². The molecule has 0 spiro atoms. The van der Waals surface area contributed by atoms with Crippen LogP contribution < -0.4 is 5.32 Å². The fourth-order valence-electron chi connectivity index (χ4n) is 1.17. The molecular weight excluding hydrogens is 242 g/mol. The number of aliphatic hydroxyl groups excluding tert-OH is 1. The van der Waals surface area contributed by atoms with E-state index in [0.717, 1.165) is 0 Å². The first-order valence-electron chi connectivity index (χ1n) is 5.25. The van der Waals surface area contributed by atoms with Crippen LogP contribution in [0.25, 0.3) is 0 Å². The van der Waals surface area contributed by atoms with Crippen molar-refractivity contribution < 1.29 is 10.0 Å². The van der Waals surface area contributed by atoms with Crippen LogP contribution in [0.1, 0.15) is 13.8 Å². The molecule has 0 aromatic carbocycles. The Morgan fingerprint density at radius 1 is 1.65 bits per heavy atom. The van der Waals surface area contributed by atoms with Gasteiger partial charge in [0.25, 0.3) is 0 Å². The molecule has 0 amide bonds. The summed E-state index contributed by atoms with van der Waals surface area (Å²) in [5.41, 5.74) is -0.0306. The minimum absolute atomic E-state index is 0.0306. The van der Waals surface area contributed by atoms with Crippen molar-refractivity contribution in [3.05, 3.63) is 22.2 Å². The Labute approximate surface area is 104 Å². The zero-order valence-corrected chi connectivity index (χ0v) is 10.5. The van der Waals surface area contributed by atoms with Crippen molar-refractivity contribution in [2.75, 3.05) is 18.5 Å². The third kappa shape index (κ3) is 3.86. The molecule has 1 unspecified atom stereocenters. The van der Waals surface area contributed by atoms with Crippen molar-refractivity contribution >= 4 is 23.3 Å². The van der Waals surface area contributed by atoms with Crippen molar-refractivity contribution in [2.45, 2.75) is 24.1 Å². The molecule has 7 heteroatoms. The van der Waals surface area contributed by atoms with Gasteiger partial charge in [-0.05, 0) is 13.0 Å². The van der Waals surface area contributed by atoms with Gasteiger partial charge in [-0.1, -0.05) is 18.7 Å². The number of aliphatic hydroxyl groups is 1. The number of thioether (sulfide) groups is 1. The number of hydrogen-bond acceptors (Lipinski definition) is 6. The Morgan fingerprint density at radius 2 is 2.35 bits per heavy atom. The highest BCUT2D eigenvalue weighted by Gasteiger charge is 2.18. The molecule has 0 saturated heterocycles. The van der Waals surface area contributed by atoms with Gasteiger partial charge in [0, 0.05) is 17.9 Å². The summed E-state index contributed by atoms with van der Waals surface area (Å²) in [7, 11) is 0. The number of nitro groups is 1. The molecule has 0 saturated carbocycles. The topological polar surface area (TPSA) is 88.3 Å². The van der Waals surface area contributed by atoms with Gasteiger partial charge in [-0.2, -0.15) is 0 Å². The first-order chi connectivity index (χ1) is 8.08. The number of rotatable bonds is 6. The molecule has 17 heavy (non-hydrogen) atoms. The summed E-state index contributed by atoms with van der Waals surface area (Å²) >= 11 is 1.20. The molecular formula is C10H15N3O3S. The van der Waals surface area contributed by atoms with Crippen molar-refractivity contribution in [1.29, 1.82) is 0 Å². The third-order valence-corrected chi connectivity index (χ3v) is 3.04. The summed E-state index contributed by atoms with van der Waals surface area (Å²) in [5.74, 6) is 0.603. The third-order valence-electron chi connectivity index (χ3n) is 1.96. The van der Waals surface area contributed by atoms with Gasteiger partial charge < -0.3 is 10.4 Å². The van der Waals surface area contributed by atoms with Crippen molar-refractivity contribution in [3.63, 3.8) is 0 Å². The minimum Gasteiger partial charge on any atom is -0.395 e. The fraction of sp³-hybridized carbons (Fsp3) is 0.500. The number of hydrogen-bond donors (Lipinski definition) is 2. The molecule has 0 aliphatic heterocycles. The van der Waals surface area contributed by atoms with Gasteiger partial charge in [0.1, 0.15) is 5.82 Å². The number of anilines is 1. The van der Waals surface area contributed by atoms with Gasteiger partial charge in [-0.15, -0.1) is 0 Å². The van der Waals surface area contributed by atoms with E-state index in [1.54, 1.807) is 13.0 Å². The lowest BCUT2D eigenvalue weighted by Gasteiger charge is -2.09. The second-order valence-corrected chi connectivity index (χ2v) is 4.85. The predicted octanol–water partition coefficient (Wildman–Crippen LogP) is 1.89. The lowest BCUT2D eigenvalue weighted by Crippen LogP contribution is -2.06. The van der Waals surface area contributed by atoms with Crippen LogP contribution in [0.3, 0.4) is 0 Å². The number of aromatic nitrogens is 1. The van der Waals surface area contributed by atoms with Crippen LogP contribution in [0.5, 0.6) is 0 Å². The average molecular weight is 257 g/mol. The summed E-state index contributed by atoms with van der Waals surface area (Å²) in [4.78, 5) is 14.5. The molecule has 1 aromatic heterocycles. The van der Waals surface area contributed by atoms with E-state index in [9.17, 15) is 10.1 Å². The van der Waals surface area contributed by atoms with E-state index in [-0.39, 0.29) is 17.5 Å². The lowest BCUT2D eigenvalue weighted by atomic mass is 10.4. The Kier molecular flexibility index (Phi) is 5.17. The van der Waals surface area contributed by atoms with Crippen LogP contribution in [-0.4, -0.2) is 33.4 Å². The molecule has 1 heterocycles. The fourth-order valence-corrected chi connectivity index (χ4v) is 2.04. The normalized spacial score (nSPS) is 12.2. The van der Waals surface area contributed by atoms with E-state index in [1.165, 1.54) is 17.8 Å². The Hall–Kier alpha value is -1.34. The molecule has 0 aliphatic carbocycles. The maximum atomic E-state index is 10.8. The standard InChI is InChI=1S/C10H15N3O3S/c1-3-11-9-5-4-8(13(15)16)10(12-9)17-7(2)6-14/h4-5,7,14H,3,6H2,1-2H3,(H,11,12). The van der Waals surface area contributed by atoms with Crippen LogP contribution in [0.15, 0.2) is 17.2 Å². The quantitative estimate of drug-likeness (QED) is 0.459. The van der Waals surface area contributed by atoms with E-state index in [0.29, 0.717) is 17.4 Å². The number of nitrogens with one attached hydrogen (secondary N) is 1. The molecule has 0 fully saturated rings. The molecule has 1 atom stereocenters. The Balaban J connectivity index is 3.02. The molecule has 0 bridgehead atoms. The Bertz CT molecular complexity index is 400. The van der Waals surface area contributed by atoms with Crippen LogP contribution in [-0.2, 0) is 0 Å². The monoisotopic (exact) mass is 257 g/mol. The number of nitrogens with zero attached hydrogens (tertiary/aromatic N) is 2. The van der Waals surface area contributed by atoms with Gasteiger partial charge in [-0.3, -0.25) is 10.1 Å². The van der Waals surface area contributed by atoms with E-state index in [1.807, 2.05) is 6.92 Å². The molecule has 2 N–H and O–H groups in total. The van der Waals surface area contributed by atoms with Crippen molar-refractivity contribution in [3.8, 4) is 0 Å². The molecule has 1 aromatic rings. The molecule has 94 valence electrons. The highest BCUT2D eigenvalue weighted by molar-refractivity contribution is 8.00. The highest BCUT2D eigenvalue weighted by Crippen LogP contribution is 2.31. The van der Waals surface area contributed by atoms with Crippen LogP contribution in [0.4, 0.5) is 11.5 Å². The summed E-state index contributed by atoms with van der Waals surface area (Å²) in [6, 6.07) is 3.01. The van der Waals surface area contributed by atoms with Crippen molar-refractivity contribution in [1.82, 2.24) is 4.98 Å². The second kappa shape index (κ2) is 6.41. The SMILES string of the molecule is CCNc1ccc([N+](=O)[O-])c(SC(C)CO)n1. The first-order valence-corrected chi connectivity index (χ1v) is 6.13. The van der Waals surface area contributed by atoms with Gasteiger partial charge >= 0.3 is 5.69 Å². The Morgan fingerprint density at radius 3 is 2.88 bits per heavy atom. The maximum Gasteiger partial charge on any atom is 0.301 e. The molecule has 1 rings (SSSR count). The second-order valence-electron chi connectivity index (χ2n) is 3.42. The average Bonchev–Trinajstić information content (AvgIpc) is 2.29. The zero-order valence-electron chi connectivity index (χ0n) is 9.71. The summed E-state index contributed by atoms with van der Waals surface area (Å²) in [5, 5.41) is 23.0. The van der Waals surface area contributed by atoms with E-state index < -0.39 is 4.92 Å². The predicted molar refractivity (Wildman–Crippen MR) is 67.5 cm³/mol.